The first-order valence-corrected chi connectivity index (χ1v) is 7.30. The largest absolute Gasteiger partial charge is 0.612 e. The van der Waals surface area contributed by atoms with E-state index in [2.05, 4.69) is 4.90 Å². The van der Waals surface area contributed by atoms with E-state index in [0.717, 1.165) is 10.6 Å². The highest BCUT2D eigenvalue weighted by Crippen LogP contribution is 2.19. The number of carbonyl (C=O) groups is 1. The molecule has 0 spiro atoms. The van der Waals surface area contributed by atoms with Gasteiger partial charge in [0.2, 0.25) is 0 Å². The maximum absolute atomic E-state index is 11.3. The molecule has 2 rings (SSSR count). The number of hydrogen-bond acceptors (Lipinski definition) is 3. The molecule has 0 radical (unpaired) electrons. The normalized spacial score (nSPS) is 17.7. The van der Waals surface area contributed by atoms with Crippen LogP contribution in [0.1, 0.15) is 0 Å². The van der Waals surface area contributed by atoms with Gasteiger partial charge < -0.3 is 19.5 Å². The molecule has 1 aliphatic heterocycles. The Balaban J connectivity index is 1.99. The van der Waals surface area contributed by atoms with Crippen molar-refractivity contribution in [3.63, 3.8) is 0 Å². The molecule has 0 aliphatic carbocycles. The quantitative estimate of drug-likeness (QED) is 0.819. The molecule has 1 amide bonds. The van der Waals surface area contributed by atoms with Gasteiger partial charge in [0.25, 0.3) is 0 Å². The second kappa shape index (κ2) is 5.49. The van der Waals surface area contributed by atoms with Crippen LogP contribution in [0.15, 0.2) is 29.2 Å². The van der Waals surface area contributed by atoms with Crippen LogP contribution in [0.2, 0.25) is 0 Å². The van der Waals surface area contributed by atoms with Crippen LogP contribution in [-0.4, -0.2) is 53.1 Å². The summed E-state index contributed by atoms with van der Waals surface area (Å²) in [5, 5.41) is 8.87. The molecule has 0 bridgehead atoms. The lowest BCUT2D eigenvalue weighted by molar-refractivity contribution is 0.142. The molecule has 1 aromatic carbocycles. The van der Waals surface area contributed by atoms with E-state index in [4.69, 9.17) is 5.11 Å². The molecule has 5 nitrogen and oxygen atoms in total. The zero-order valence-electron chi connectivity index (χ0n) is 10.2. The molecule has 0 aromatic heterocycles. The predicted octanol–water partition coefficient (Wildman–Crippen LogP) is 1.22. The van der Waals surface area contributed by atoms with Crippen molar-refractivity contribution in [1.82, 2.24) is 4.90 Å². The van der Waals surface area contributed by atoms with Gasteiger partial charge in [-0.05, 0) is 35.4 Å². The smallest absolute Gasteiger partial charge is 0.407 e. The molecular weight excluding hydrogens is 252 g/mol. The van der Waals surface area contributed by atoms with E-state index in [-0.39, 0.29) is 0 Å². The topological polar surface area (TPSA) is 66.8 Å². The van der Waals surface area contributed by atoms with Gasteiger partial charge in [-0.1, -0.05) is 0 Å². The van der Waals surface area contributed by atoms with Crippen molar-refractivity contribution in [2.24, 2.45) is 0 Å². The van der Waals surface area contributed by atoms with Crippen LogP contribution >= 0.6 is 0 Å². The third kappa shape index (κ3) is 2.88. The molecule has 98 valence electrons. The standard InChI is InChI=1S/C12H16N2O3S/c1-18(17)11-4-2-10(3-5-11)13-6-8-14(9-7-13)12(15)16/h2-5H,6-9H2,1H3,(H,15,16). The third-order valence-electron chi connectivity index (χ3n) is 3.08. The Bertz CT molecular complexity index is 414. The first kappa shape index (κ1) is 13.0. The van der Waals surface area contributed by atoms with Crippen LogP contribution in [0, 0.1) is 0 Å². The van der Waals surface area contributed by atoms with Crippen molar-refractivity contribution in [2.45, 2.75) is 4.90 Å². The van der Waals surface area contributed by atoms with Crippen LogP contribution < -0.4 is 4.90 Å². The Morgan fingerprint density at radius 1 is 1.22 bits per heavy atom. The van der Waals surface area contributed by atoms with Crippen molar-refractivity contribution in [3.8, 4) is 0 Å². The summed E-state index contributed by atoms with van der Waals surface area (Å²) >= 11 is -0.959. The average molecular weight is 268 g/mol. The van der Waals surface area contributed by atoms with Crippen molar-refractivity contribution >= 4 is 23.0 Å². The van der Waals surface area contributed by atoms with E-state index in [9.17, 15) is 9.35 Å². The van der Waals surface area contributed by atoms with Gasteiger partial charge in [0, 0.05) is 31.9 Å². The SMILES string of the molecule is C[S+]([O-])c1ccc(N2CCN(C(=O)O)CC2)cc1. The summed E-state index contributed by atoms with van der Waals surface area (Å²) in [6.45, 7) is 2.44. The molecule has 18 heavy (non-hydrogen) atoms. The van der Waals surface area contributed by atoms with E-state index in [1.54, 1.807) is 6.26 Å². The molecule has 1 aliphatic rings. The lowest BCUT2D eigenvalue weighted by Crippen LogP contribution is -2.48. The van der Waals surface area contributed by atoms with Crippen molar-refractivity contribution in [1.29, 1.82) is 0 Å². The molecular formula is C12H16N2O3S. The van der Waals surface area contributed by atoms with Gasteiger partial charge in [-0.15, -0.1) is 0 Å². The summed E-state index contributed by atoms with van der Waals surface area (Å²) in [4.78, 5) is 15.2. The number of carboxylic acid groups (broad SMARTS) is 1. The highest BCUT2D eigenvalue weighted by Gasteiger charge is 2.20. The number of nitrogens with zero attached hydrogens (tertiary/aromatic N) is 2. The minimum absolute atomic E-state index is 0.525. The Kier molecular flexibility index (Phi) is 3.98. The molecule has 1 N–H and O–H groups in total. The number of anilines is 1. The molecule has 1 saturated heterocycles. The number of benzene rings is 1. The van der Waals surface area contributed by atoms with Gasteiger partial charge in [-0.3, -0.25) is 0 Å². The van der Waals surface area contributed by atoms with Crippen LogP contribution in [0.5, 0.6) is 0 Å². The summed E-state index contributed by atoms with van der Waals surface area (Å²) in [6.07, 6.45) is 0.798. The van der Waals surface area contributed by atoms with Gasteiger partial charge in [-0.25, -0.2) is 4.79 Å². The van der Waals surface area contributed by atoms with E-state index in [0.29, 0.717) is 26.2 Å². The summed E-state index contributed by atoms with van der Waals surface area (Å²) in [5.74, 6) is 0. The Labute approximate surface area is 109 Å². The minimum Gasteiger partial charge on any atom is -0.612 e. The third-order valence-corrected chi connectivity index (χ3v) is 4.02. The maximum Gasteiger partial charge on any atom is 0.407 e. The van der Waals surface area contributed by atoms with E-state index in [1.165, 1.54) is 4.90 Å². The number of amides is 1. The molecule has 1 aromatic rings. The summed E-state index contributed by atoms with van der Waals surface area (Å²) in [5.41, 5.74) is 1.05. The lowest BCUT2D eigenvalue weighted by Gasteiger charge is -2.34. The zero-order chi connectivity index (χ0) is 13.1. The fourth-order valence-corrected chi connectivity index (χ4v) is 2.52. The maximum atomic E-state index is 11.3. The highest BCUT2D eigenvalue weighted by atomic mass is 32.2. The second-order valence-electron chi connectivity index (χ2n) is 4.20. The number of piperazine rings is 1. The lowest BCUT2D eigenvalue weighted by atomic mass is 10.2. The summed E-state index contributed by atoms with van der Waals surface area (Å²) in [7, 11) is 0. The first-order valence-electron chi connectivity index (χ1n) is 5.74. The van der Waals surface area contributed by atoms with Crippen LogP contribution in [-0.2, 0) is 11.2 Å². The number of hydrogen-bond donors (Lipinski definition) is 1. The zero-order valence-corrected chi connectivity index (χ0v) is 11.0. The first-order chi connectivity index (χ1) is 8.58. The molecule has 0 saturated carbocycles. The number of rotatable bonds is 2. The van der Waals surface area contributed by atoms with Crippen molar-refractivity contribution in [3.05, 3.63) is 24.3 Å². The monoisotopic (exact) mass is 268 g/mol. The predicted molar refractivity (Wildman–Crippen MR) is 70.6 cm³/mol. The fraction of sp³-hybridized carbons (Fsp3) is 0.417. The minimum atomic E-state index is -0.959. The molecule has 1 heterocycles. The molecule has 1 fully saturated rings. The van der Waals surface area contributed by atoms with Gasteiger partial charge in [0.15, 0.2) is 4.90 Å². The van der Waals surface area contributed by atoms with Crippen LogP contribution in [0.25, 0.3) is 0 Å². The Morgan fingerprint density at radius 3 is 2.22 bits per heavy atom. The second-order valence-corrected chi connectivity index (χ2v) is 5.58. The van der Waals surface area contributed by atoms with E-state index in [1.807, 2.05) is 24.3 Å². The van der Waals surface area contributed by atoms with E-state index < -0.39 is 17.3 Å². The fourth-order valence-electron chi connectivity index (χ4n) is 2.00. The van der Waals surface area contributed by atoms with E-state index >= 15 is 0 Å². The van der Waals surface area contributed by atoms with Gasteiger partial charge in [-0.2, -0.15) is 0 Å². The van der Waals surface area contributed by atoms with Gasteiger partial charge >= 0.3 is 6.09 Å². The van der Waals surface area contributed by atoms with Crippen LogP contribution in [0.3, 0.4) is 0 Å². The Hall–Kier alpha value is -1.40. The van der Waals surface area contributed by atoms with Gasteiger partial charge in [0.1, 0.15) is 6.26 Å². The molecule has 1 unspecified atom stereocenters. The Morgan fingerprint density at radius 2 is 1.78 bits per heavy atom. The van der Waals surface area contributed by atoms with Crippen molar-refractivity contribution in [2.75, 3.05) is 37.3 Å². The van der Waals surface area contributed by atoms with Crippen LogP contribution in [0.4, 0.5) is 10.5 Å². The molecule has 1 atom stereocenters. The summed E-state index contributed by atoms with van der Waals surface area (Å²) in [6, 6.07) is 7.59. The van der Waals surface area contributed by atoms with Gasteiger partial charge in [0.05, 0.1) is 0 Å². The molecule has 6 heteroatoms. The average Bonchev–Trinajstić information content (AvgIpc) is 2.39. The summed E-state index contributed by atoms with van der Waals surface area (Å²) < 4.78 is 11.3. The van der Waals surface area contributed by atoms with Crippen molar-refractivity contribution < 1.29 is 14.5 Å². The highest BCUT2D eigenvalue weighted by molar-refractivity contribution is 7.90.